The van der Waals surface area contributed by atoms with E-state index in [4.69, 9.17) is 0 Å². The first-order valence-corrected chi connectivity index (χ1v) is 6.90. The molecule has 0 aliphatic carbocycles. The summed E-state index contributed by atoms with van der Waals surface area (Å²) in [6, 6.07) is 7.02. The smallest absolute Gasteiger partial charge is 0.178 e. The summed E-state index contributed by atoms with van der Waals surface area (Å²) in [6.07, 6.45) is 2.36. The van der Waals surface area contributed by atoms with Gasteiger partial charge in [0.1, 0.15) is 0 Å². The molecule has 0 unspecified atom stereocenters. The van der Waals surface area contributed by atoms with Crippen LogP contribution < -0.4 is 5.32 Å². The van der Waals surface area contributed by atoms with Crippen LogP contribution in [0.15, 0.2) is 22.9 Å². The van der Waals surface area contributed by atoms with Crippen molar-refractivity contribution in [3.63, 3.8) is 0 Å². The highest BCUT2D eigenvalue weighted by atomic mass is 79.9. The lowest BCUT2D eigenvalue weighted by atomic mass is 10.1. The van der Waals surface area contributed by atoms with E-state index < -0.39 is 0 Å². The number of nitrogens with one attached hydrogen (secondary N) is 1. The van der Waals surface area contributed by atoms with Gasteiger partial charge in [-0.25, -0.2) is 4.98 Å². The number of rotatable bonds is 1. The van der Waals surface area contributed by atoms with Crippen LogP contribution in [0.4, 0.5) is 0 Å². The van der Waals surface area contributed by atoms with Gasteiger partial charge in [-0.1, -0.05) is 6.07 Å². The van der Waals surface area contributed by atoms with Crippen molar-refractivity contribution >= 4 is 27.0 Å². The van der Waals surface area contributed by atoms with E-state index in [9.17, 15) is 0 Å². The maximum atomic E-state index is 4.59. The molecule has 1 aliphatic heterocycles. The lowest BCUT2D eigenvalue weighted by Crippen LogP contribution is -2.29. The molecule has 3 rings (SSSR count). The van der Waals surface area contributed by atoms with E-state index in [1.807, 2.05) is 0 Å². The minimum absolute atomic E-state index is 0.567. The Balaban J connectivity index is 2.13. The van der Waals surface area contributed by atoms with Gasteiger partial charge in [0.15, 0.2) is 4.73 Å². The van der Waals surface area contributed by atoms with Gasteiger partial charge in [0.05, 0.1) is 11.0 Å². The van der Waals surface area contributed by atoms with Gasteiger partial charge in [0.2, 0.25) is 0 Å². The van der Waals surface area contributed by atoms with Crippen molar-refractivity contribution < 1.29 is 0 Å². The van der Waals surface area contributed by atoms with Crippen LogP contribution >= 0.6 is 15.9 Å². The number of hydrogen-bond acceptors (Lipinski definition) is 2. The van der Waals surface area contributed by atoms with E-state index in [1.54, 1.807) is 0 Å². The molecule has 1 fully saturated rings. The van der Waals surface area contributed by atoms with Crippen molar-refractivity contribution in [2.75, 3.05) is 13.1 Å². The second kappa shape index (κ2) is 4.42. The van der Waals surface area contributed by atoms with Gasteiger partial charge >= 0.3 is 0 Å². The summed E-state index contributed by atoms with van der Waals surface area (Å²) >= 11 is 3.60. The van der Waals surface area contributed by atoms with Crippen LogP contribution in [0.25, 0.3) is 11.0 Å². The number of imidazole rings is 1. The molecule has 4 heteroatoms. The number of benzene rings is 1. The van der Waals surface area contributed by atoms with Gasteiger partial charge in [-0.3, -0.25) is 0 Å². The van der Waals surface area contributed by atoms with E-state index in [2.05, 4.69) is 55.9 Å². The fourth-order valence-corrected chi connectivity index (χ4v) is 3.26. The molecule has 0 atom stereocenters. The Kier molecular flexibility index (Phi) is 2.92. The number of hydrogen-bond donors (Lipinski definition) is 1. The molecule has 1 saturated heterocycles. The second-order valence-corrected chi connectivity index (χ2v) is 5.43. The van der Waals surface area contributed by atoms with Crippen LogP contribution in [-0.4, -0.2) is 22.6 Å². The summed E-state index contributed by atoms with van der Waals surface area (Å²) in [5.74, 6) is 0. The number of piperidine rings is 1. The van der Waals surface area contributed by atoms with E-state index >= 15 is 0 Å². The van der Waals surface area contributed by atoms with E-state index in [0.29, 0.717) is 6.04 Å². The number of aromatic nitrogens is 2. The predicted octanol–water partition coefficient (Wildman–Crippen LogP) is 3.03. The summed E-state index contributed by atoms with van der Waals surface area (Å²) in [5, 5.41) is 3.41. The van der Waals surface area contributed by atoms with Gasteiger partial charge < -0.3 is 9.88 Å². The molecule has 90 valence electrons. The van der Waals surface area contributed by atoms with Crippen LogP contribution in [0, 0.1) is 6.92 Å². The highest BCUT2D eigenvalue weighted by Gasteiger charge is 2.19. The molecule has 2 aromatic rings. The maximum Gasteiger partial charge on any atom is 0.178 e. The van der Waals surface area contributed by atoms with E-state index in [-0.39, 0.29) is 0 Å². The topological polar surface area (TPSA) is 29.9 Å². The highest BCUT2D eigenvalue weighted by molar-refractivity contribution is 9.10. The molecule has 1 N–H and O–H groups in total. The van der Waals surface area contributed by atoms with Gasteiger partial charge in [0, 0.05) is 6.04 Å². The number of halogens is 1. The lowest BCUT2D eigenvalue weighted by Gasteiger charge is -2.25. The average Bonchev–Trinajstić information content (AvgIpc) is 2.65. The zero-order chi connectivity index (χ0) is 11.8. The van der Waals surface area contributed by atoms with Crippen molar-refractivity contribution in [3.05, 3.63) is 28.5 Å². The van der Waals surface area contributed by atoms with Crippen molar-refractivity contribution in [1.82, 2.24) is 14.9 Å². The molecule has 0 radical (unpaired) electrons. The largest absolute Gasteiger partial charge is 0.317 e. The first kappa shape index (κ1) is 11.2. The third-order valence-electron chi connectivity index (χ3n) is 3.48. The van der Waals surface area contributed by atoms with Crippen LogP contribution in [0.5, 0.6) is 0 Å². The number of nitrogens with zero attached hydrogens (tertiary/aromatic N) is 2. The lowest BCUT2D eigenvalue weighted by molar-refractivity contribution is 0.370. The SMILES string of the molecule is Cc1ccc2nc(Br)n(C3CCNCC3)c2c1. The minimum Gasteiger partial charge on any atom is -0.317 e. The van der Waals surface area contributed by atoms with Crippen LogP contribution in [0.2, 0.25) is 0 Å². The first-order valence-electron chi connectivity index (χ1n) is 6.10. The average molecular weight is 294 g/mol. The van der Waals surface area contributed by atoms with Gasteiger partial charge in [0.25, 0.3) is 0 Å². The quantitative estimate of drug-likeness (QED) is 0.876. The Labute approximate surface area is 109 Å². The molecular weight excluding hydrogens is 278 g/mol. The maximum absolute atomic E-state index is 4.59. The van der Waals surface area contributed by atoms with Gasteiger partial charge in [-0.15, -0.1) is 0 Å². The molecule has 0 spiro atoms. The Morgan fingerprint density at radius 1 is 1.35 bits per heavy atom. The fraction of sp³-hybridized carbons (Fsp3) is 0.462. The van der Waals surface area contributed by atoms with Gasteiger partial charge in [-0.2, -0.15) is 0 Å². The summed E-state index contributed by atoms with van der Waals surface area (Å²) in [6.45, 7) is 4.33. The molecule has 2 heterocycles. The molecule has 1 aliphatic rings. The summed E-state index contributed by atoms with van der Waals surface area (Å²) < 4.78 is 3.31. The zero-order valence-corrected chi connectivity index (χ0v) is 11.5. The molecule has 17 heavy (non-hydrogen) atoms. The van der Waals surface area contributed by atoms with Crippen LogP contribution in [-0.2, 0) is 0 Å². The minimum atomic E-state index is 0.567. The predicted molar refractivity (Wildman–Crippen MR) is 73.3 cm³/mol. The summed E-state index contributed by atoms with van der Waals surface area (Å²) in [7, 11) is 0. The molecular formula is C13H16BrN3. The molecule has 3 nitrogen and oxygen atoms in total. The monoisotopic (exact) mass is 293 g/mol. The van der Waals surface area contributed by atoms with Gasteiger partial charge in [-0.05, 0) is 66.5 Å². The van der Waals surface area contributed by atoms with E-state index in [0.717, 1.165) is 23.3 Å². The normalized spacial score (nSPS) is 17.8. The molecule has 0 bridgehead atoms. The Hall–Kier alpha value is -0.870. The summed E-state index contributed by atoms with van der Waals surface area (Å²) in [4.78, 5) is 4.59. The standard InChI is InChI=1S/C13H16BrN3/c1-9-2-3-11-12(8-9)17(13(14)16-11)10-4-6-15-7-5-10/h2-3,8,10,15H,4-7H2,1H3. The van der Waals surface area contributed by atoms with Crippen LogP contribution in [0.3, 0.4) is 0 Å². The molecule has 0 amide bonds. The molecule has 1 aromatic carbocycles. The molecule has 1 aromatic heterocycles. The first-order chi connectivity index (χ1) is 8.25. The number of fused-ring (bicyclic) bond motifs is 1. The Morgan fingerprint density at radius 2 is 2.12 bits per heavy atom. The van der Waals surface area contributed by atoms with E-state index in [1.165, 1.54) is 23.9 Å². The number of aryl methyl sites for hydroxylation is 1. The zero-order valence-electron chi connectivity index (χ0n) is 9.91. The molecule has 0 saturated carbocycles. The summed E-state index contributed by atoms with van der Waals surface area (Å²) in [5.41, 5.74) is 3.63. The highest BCUT2D eigenvalue weighted by Crippen LogP contribution is 2.29. The van der Waals surface area contributed by atoms with Crippen LogP contribution in [0.1, 0.15) is 24.4 Å². The van der Waals surface area contributed by atoms with Crippen molar-refractivity contribution in [3.8, 4) is 0 Å². The Bertz CT molecular complexity index is 541. The fourth-order valence-electron chi connectivity index (χ4n) is 2.59. The third-order valence-corrected chi connectivity index (χ3v) is 4.04. The Morgan fingerprint density at radius 3 is 2.88 bits per heavy atom. The van der Waals surface area contributed by atoms with Crippen molar-refractivity contribution in [2.24, 2.45) is 0 Å². The van der Waals surface area contributed by atoms with Crippen molar-refractivity contribution in [1.29, 1.82) is 0 Å². The second-order valence-electron chi connectivity index (χ2n) is 4.72. The van der Waals surface area contributed by atoms with Crippen molar-refractivity contribution in [2.45, 2.75) is 25.8 Å². The third kappa shape index (κ3) is 2.00.